The summed E-state index contributed by atoms with van der Waals surface area (Å²) in [6.45, 7) is 5.18. The standard InChI is InChI=1S/C11H18FNO4/c1-11(2,3)17-10(16)13-5-7(4-9(14)15)8(12)6-13/h7-8H,4-6H2,1-3H3,(H,14,15). The maximum absolute atomic E-state index is 13.5. The van der Waals surface area contributed by atoms with Crippen LogP contribution in [0.4, 0.5) is 9.18 Å². The molecule has 98 valence electrons. The van der Waals surface area contributed by atoms with Gasteiger partial charge in [-0.2, -0.15) is 0 Å². The Bertz CT molecular complexity index is 313. The number of ether oxygens (including phenoxy) is 1. The lowest BCUT2D eigenvalue weighted by atomic mass is 10.0. The Kier molecular flexibility index (Phi) is 3.95. The lowest BCUT2D eigenvalue weighted by Crippen LogP contribution is -2.35. The molecule has 1 N–H and O–H groups in total. The van der Waals surface area contributed by atoms with E-state index in [9.17, 15) is 14.0 Å². The number of amides is 1. The molecule has 0 spiro atoms. The fourth-order valence-corrected chi connectivity index (χ4v) is 1.72. The Balaban J connectivity index is 2.53. The molecule has 1 saturated heterocycles. The smallest absolute Gasteiger partial charge is 0.410 e. The number of halogens is 1. The summed E-state index contributed by atoms with van der Waals surface area (Å²) >= 11 is 0. The van der Waals surface area contributed by atoms with E-state index in [-0.39, 0.29) is 19.5 Å². The van der Waals surface area contributed by atoms with E-state index >= 15 is 0 Å². The number of carbonyl (C=O) groups excluding carboxylic acids is 1. The second-order valence-electron chi connectivity index (χ2n) is 5.26. The van der Waals surface area contributed by atoms with Gasteiger partial charge in [0.2, 0.25) is 0 Å². The van der Waals surface area contributed by atoms with Crippen molar-refractivity contribution in [1.82, 2.24) is 4.90 Å². The Morgan fingerprint density at radius 1 is 1.41 bits per heavy atom. The molecule has 0 aromatic heterocycles. The van der Waals surface area contributed by atoms with Crippen LogP contribution in [0.2, 0.25) is 0 Å². The molecule has 0 aliphatic carbocycles. The van der Waals surface area contributed by atoms with E-state index in [4.69, 9.17) is 9.84 Å². The number of hydrogen-bond donors (Lipinski definition) is 1. The van der Waals surface area contributed by atoms with Gasteiger partial charge in [-0.25, -0.2) is 9.18 Å². The molecule has 0 bridgehead atoms. The second-order valence-corrected chi connectivity index (χ2v) is 5.26. The molecular formula is C11H18FNO4. The van der Waals surface area contributed by atoms with E-state index in [0.29, 0.717) is 0 Å². The van der Waals surface area contributed by atoms with Crippen molar-refractivity contribution in [2.24, 2.45) is 5.92 Å². The number of nitrogens with zero attached hydrogens (tertiary/aromatic N) is 1. The Labute approximate surface area is 99.5 Å². The van der Waals surface area contributed by atoms with Crippen molar-refractivity contribution in [1.29, 1.82) is 0 Å². The van der Waals surface area contributed by atoms with Gasteiger partial charge in [0, 0.05) is 12.5 Å². The van der Waals surface area contributed by atoms with Crippen LogP contribution in [0.1, 0.15) is 27.2 Å². The summed E-state index contributed by atoms with van der Waals surface area (Å²) in [6.07, 6.45) is -2.15. The summed E-state index contributed by atoms with van der Waals surface area (Å²) in [7, 11) is 0. The van der Waals surface area contributed by atoms with E-state index in [1.54, 1.807) is 20.8 Å². The number of hydrogen-bond acceptors (Lipinski definition) is 3. The third-order valence-electron chi connectivity index (χ3n) is 2.45. The van der Waals surface area contributed by atoms with Crippen LogP contribution in [0.15, 0.2) is 0 Å². The molecule has 2 unspecified atom stereocenters. The summed E-state index contributed by atoms with van der Waals surface area (Å²) in [4.78, 5) is 23.4. The first-order valence-corrected chi connectivity index (χ1v) is 5.53. The summed E-state index contributed by atoms with van der Waals surface area (Å²) in [5, 5.41) is 8.60. The molecule has 0 aromatic carbocycles. The monoisotopic (exact) mass is 247 g/mol. The van der Waals surface area contributed by atoms with Crippen molar-refractivity contribution in [3.8, 4) is 0 Å². The molecule has 0 saturated carbocycles. The van der Waals surface area contributed by atoms with Crippen LogP contribution in [-0.2, 0) is 9.53 Å². The van der Waals surface area contributed by atoms with E-state index < -0.39 is 29.8 Å². The fraction of sp³-hybridized carbons (Fsp3) is 0.818. The van der Waals surface area contributed by atoms with E-state index in [0.717, 1.165) is 0 Å². The third kappa shape index (κ3) is 4.20. The molecule has 1 amide bonds. The van der Waals surface area contributed by atoms with Gasteiger partial charge in [0.15, 0.2) is 0 Å². The zero-order chi connectivity index (χ0) is 13.2. The van der Waals surface area contributed by atoms with Crippen molar-refractivity contribution in [3.05, 3.63) is 0 Å². The molecule has 1 aliphatic rings. The van der Waals surface area contributed by atoms with E-state index in [1.165, 1.54) is 4.90 Å². The van der Waals surface area contributed by atoms with Gasteiger partial charge in [0.1, 0.15) is 11.8 Å². The van der Waals surface area contributed by atoms with Gasteiger partial charge in [0.05, 0.1) is 13.0 Å². The first-order valence-electron chi connectivity index (χ1n) is 5.53. The number of alkyl halides is 1. The zero-order valence-electron chi connectivity index (χ0n) is 10.3. The van der Waals surface area contributed by atoms with Crippen LogP contribution < -0.4 is 0 Å². The fourth-order valence-electron chi connectivity index (χ4n) is 1.72. The highest BCUT2D eigenvalue weighted by Crippen LogP contribution is 2.24. The van der Waals surface area contributed by atoms with Gasteiger partial charge in [0.25, 0.3) is 0 Å². The number of carboxylic acids is 1. The van der Waals surface area contributed by atoms with E-state index in [1.807, 2.05) is 0 Å². The average molecular weight is 247 g/mol. The summed E-state index contributed by atoms with van der Waals surface area (Å²) < 4.78 is 18.6. The lowest BCUT2D eigenvalue weighted by Gasteiger charge is -2.24. The van der Waals surface area contributed by atoms with Crippen molar-refractivity contribution < 1.29 is 23.8 Å². The lowest BCUT2D eigenvalue weighted by molar-refractivity contribution is -0.138. The summed E-state index contributed by atoms with van der Waals surface area (Å²) in [5.41, 5.74) is -0.631. The van der Waals surface area contributed by atoms with Gasteiger partial charge in [-0.05, 0) is 20.8 Å². The number of rotatable bonds is 2. The molecule has 6 heteroatoms. The zero-order valence-corrected chi connectivity index (χ0v) is 10.3. The number of aliphatic carboxylic acids is 1. The molecule has 0 aromatic rings. The number of likely N-dealkylation sites (tertiary alicyclic amines) is 1. The van der Waals surface area contributed by atoms with Crippen LogP contribution in [0.3, 0.4) is 0 Å². The number of carboxylic acid groups (broad SMARTS) is 1. The molecule has 17 heavy (non-hydrogen) atoms. The summed E-state index contributed by atoms with van der Waals surface area (Å²) in [6, 6.07) is 0. The predicted octanol–water partition coefficient (Wildman–Crippen LogP) is 1.67. The van der Waals surface area contributed by atoms with Crippen LogP contribution in [0.25, 0.3) is 0 Å². The molecular weight excluding hydrogens is 229 g/mol. The molecule has 0 radical (unpaired) electrons. The topological polar surface area (TPSA) is 66.8 Å². The highest BCUT2D eigenvalue weighted by atomic mass is 19.1. The van der Waals surface area contributed by atoms with E-state index in [2.05, 4.69) is 0 Å². The van der Waals surface area contributed by atoms with Crippen LogP contribution >= 0.6 is 0 Å². The van der Waals surface area contributed by atoms with Gasteiger partial charge in [-0.3, -0.25) is 4.79 Å². The SMILES string of the molecule is CC(C)(C)OC(=O)N1CC(F)C(CC(=O)O)C1. The third-order valence-corrected chi connectivity index (χ3v) is 2.45. The highest BCUT2D eigenvalue weighted by Gasteiger charge is 2.38. The van der Waals surface area contributed by atoms with Crippen LogP contribution in [0, 0.1) is 5.92 Å². The van der Waals surface area contributed by atoms with Gasteiger partial charge in [-0.1, -0.05) is 0 Å². The van der Waals surface area contributed by atoms with Crippen molar-refractivity contribution in [3.63, 3.8) is 0 Å². The van der Waals surface area contributed by atoms with Gasteiger partial charge < -0.3 is 14.7 Å². The quantitative estimate of drug-likeness (QED) is 0.806. The Hall–Kier alpha value is -1.33. The average Bonchev–Trinajstić information content (AvgIpc) is 2.44. The Morgan fingerprint density at radius 2 is 2.00 bits per heavy atom. The maximum Gasteiger partial charge on any atom is 0.410 e. The van der Waals surface area contributed by atoms with Crippen molar-refractivity contribution >= 4 is 12.1 Å². The molecule has 1 rings (SSSR count). The first-order chi connectivity index (χ1) is 7.69. The number of carbonyl (C=O) groups is 2. The normalized spacial score (nSPS) is 24.8. The highest BCUT2D eigenvalue weighted by molar-refractivity contribution is 5.70. The largest absolute Gasteiger partial charge is 0.481 e. The van der Waals surface area contributed by atoms with Gasteiger partial charge in [-0.15, -0.1) is 0 Å². The minimum atomic E-state index is -1.29. The first kappa shape index (κ1) is 13.7. The predicted molar refractivity (Wildman–Crippen MR) is 58.4 cm³/mol. The maximum atomic E-state index is 13.5. The van der Waals surface area contributed by atoms with Crippen molar-refractivity contribution in [2.75, 3.05) is 13.1 Å². The Morgan fingerprint density at radius 3 is 2.47 bits per heavy atom. The summed E-state index contributed by atoms with van der Waals surface area (Å²) in [5.74, 6) is -1.69. The van der Waals surface area contributed by atoms with Crippen LogP contribution in [0.5, 0.6) is 0 Å². The minimum absolute atomic E-state index is 0.0904. The molecule has 2 atom stereocenters. The second kappa shape index (κ2) is 4.89. The molecule has 1 fully saturated rings. The van der Waals surface area contributed by atoms with Crippen molar-refractivity contribution in [2.45, 2.75) is 39.0 Å². The van der Waals surface area contributed by atoms with Gasteiger partial charge >= 0.3 is 12.1 Å². The molecule has 5 nitrogen and oxygen atoms in total. The molecule has 1 aliphatic heterocycles. The molecule has 1 heterocycles. The van der Waals surface area contributed by atoms with Crippen LogP contribution in [-0.4, -0.2) is 46.9 Å². The minimum Gasteiger partial charge on any atom is -0.481 e.